The lowest BCUT2D eigenvalue weighted by Crippen LogP contribution is -1.80. The lowest BCUT2D eigenvalue weighted by atomic mass is 10.1. The van der Waals surface area contributed by atoms with E-state index in [4.69, 9.17) is 11.6 Å². The number of aromatic amines is 1. The van der Waals surface area contributed by atoms with E-state index in [-0.39, 0.29) is 10.8 Å². The zero-order chi connectivity index (χ0) is 9.71. The highest BCUT2D eigenvalue weighted by Gasteiger charge is 2.17. The summed E-state index contributed by atoms with van der Waals surface area (Å²) in [4.78, 5) is 3.29. The first-order chi connectivity index (χ1) is 6.75. The summed E-state index contributed by atoms with van der Waals surface area (Å²) in [7, 11) is 0. The Hall–Kier alpha value is -1.02. The van der Waals surface area contributed by atoms with Crippen LogP contribution in [-0.2, 0) is 12.8 Å². The second kappa shape index (κ2) is 2.74. The molecule has 0 spiro atoms. The molecule has 1 heterocycles. The number of fused-ring (bicyclic) bond motifs is 3. The van der Waals surface area contributed by atoms with Crippen molar-refractivity contribution in [2.75, 3.05) is 0 Å². The Morgan fingerprint density at radius 1 is 1.29 bits per heavy atom. The van der Waals surface area contributed by atoms with Gasteiger partial charge in [0.2, 0.25) is 0 Å². The molecular formula is C11H9ClFN. The molecule has 1 aromatic carbocycles. The van der Waals surface area contributed by atoms with Crippen molar-refractivity contribution in [3.8, 4) is 0 Å². The molecule has 3 heteroatoms. The molecule has 0 bridgehead atoms. The Bertz CT molecular complexity index is 515. The Morgan fingerprint density at radius 3 is 3.00 bits per heavy atom. The van der Waals surface area contributed by atoms with Crippen molar-refractivity contribution in [2.45, 2.75) is 19.3 Å². The molecule has 0 saturated carbocycles. The molecule has 0 aliphatic heterocycles. The number of H-pyrrole nitrogens is 1. The van der Waals surface area contributed by atoms with Crippen molar-refractivity contribution in [1.82, 2.24) is 4.98 Å². The van der Waals surface area contributed by atoms with E-state index in [1.54, 1.807) is 12.1 Å². The zero-order valence-corrected chi connectivity index (χ0v) is 8.29. The van der Waals surface area contributed by atoms with E-state index in [1.165, 1.54) is 17.7 Å². The highest BCUT2D eigenvalue weighted by atomic mass is 35.5. The Labute approximate surface area is 85.9 Å². The molecule has 0 atom stereocenters. The predicted octanol–water partition coefficient (Wildman–Crippen LogP) is 3.45. The van der Waals surface area contributed by atoms with E-state index in [2.05, 4.69) is 4.98 Å². The average molecular weight is 210 g/mol. The van der Waals surface area contributed by atoms with Gasteiger partial charge in [0.05, 0.1) is 5.02 Å². The monoisotopic (exact) mass is 209 g/mol. The number of hydrogen-bond acceptors (Lipinski definition) is 0. The molecule has 0 fully saturated rings. The van der Waals surface area contributed by atoms with Crippen molar-refractivity contribution in [3.63, 3.8) is 0 Å². The molecule has 2 aromatic rings. The second-order valence-corrected chi connectivity index (χ2v) is 4.15. The summed E-state index contributed by atoms with van der Waals surface area (Å²) in [5.74, 6) is -0.326. The molecular weight excluding hydrogens is 201 g/mol. The Kier molecular flexibility index (Phi) is 1.62. The zero-order valence-electron chi connectivity index (χ0n) is 7.53. The van der Waals surface area contributed by atoms with Gasteiger partial charge in [0.15, 0.2) is 0 Å². The molecule has 1 N–H and O–H groups in total. The van der Waals surface area contributed by atoms with Crippen molar-refractivity contribution in [2.24, 2.45) is 0 Å². The molecule has 14 heavy (non-hydrogen) atoms. The SMILES string of the molecule is Fc1cc2c3c([nH]c2cc1Cl)CCC3. The smallest absolute Gasteiger partial charge is 0.142 e. The summed E-state index contributed by atoms with van der Waals surface area (Å²) in [6, 6.07) is 3.21. The number of aromatic nitrogens is 1. The maximum atomic E-state index is 13.2. The standard InChI is InChI=1S/C11H9ClFN/c12-8-5-11-7(4-9(8)13)6-2-1-3-10(6)14-11/h4-5,14H,1-3H2. The van der Waals surface area contributed by atoms with Gasteiger partial charge in [-0.05, 0) is 37.0 Å². The summed E-state index contributed by atoms with van der Waals surface area (Å²) in [6.45, 7) is 0. The first-order valence-corrected chi connectivity index (χ1v) is 5.12. The van der Waals surface area contributed by atoms with Crippen molar-refractivity contribution < 1.29 is 4.39 Å². The van der Waals surface area contributed by atoms with Gasteiger partial charge in [-0.25, -0.2) is 4.39 Å². The van der Waals surface area contributed by atoms with Crippen molar-refractivity contribution in [3.05, 3.63) is 34.2 Å². The van der Waals surface area contributed by atoms with E-state index >= 15 is 0 Å². The van der Waals surface area contributed by atoms with Gasteiger partial charge in [-0.1, -0.05) is 11.6 Å². The number of rotatable bonds is 0. The molecule has 3 rings (SSSR count). The van der Waals surface area contributed by atoms with Gasteiger partial charge < -0.3 is 4.98 Å². The van der Waals surface area contributed by atoms with Crippen LogP contribution in [0.25, 0.3) is 10.9 Å². The van der Waals surface area contributed by atoms with Gasteiger partial charge in [-0.2, -0.15) is 0 Å². The van der Waals surface area contributed by atoms with Gasteiger partial charge in [0, 0.05) is 16.6 Å². The summed E-state index contributed by atoms with van der Waals surface area (Å²) >= 11 is 5.72. The fraction of sp³-hybridized carbons (Fsp3) is 0.273. The van der Waals surface area contributed by atoms with Crippen LogP contribution in [0.4, 0.5) is 4.39 Å². The average Bonchev–Trinajstić information content (AvgIpc) is 2.68. The van der Waals surface area contributed by atoms with E-state index in [1.807, 2.05) is 0 Å². The van der Waals surface area contributed by atoms with Gasteiger partial charge in [0.25, 0.3) is 0 Å². The summed E-state index contributed by atoms with van der Waals surface area (Å²) in [6.07, 6.45) is 3.29. The first kappa shape index (κ1) is 8.30. The van der Waals surface area contributed by atoms with Crippen LogP contribution in [0.2, 0.25) is 5.02 Å². The van der Waals surface area contributed by atoms with Crippen molar-refractivity contribution >= 4 is 22.5 Å². The molecule has 1 aromatic heterocycles. The summed E-state index contributed by atoms with van der Waals surface area (Å²) in [5.41, 5.74) is 3.48. The van der Waals surface area contributed by atoms with Crippen molar-refractivity contribution in [1.29, 1.82) is 0 Å². The number of aryl methyl sites for hydroxylation is 2. The fourth-order valence-electron chi connectivity index (χ4n) is 2.24. The highest BCUT2D eigenvalue weighted by molar-refractivity contribution is 6.31. The Balaban J connectivity index is 2.39. The van der Waals surface area contributed by atoms with E-state index in [0.29, 0.717) is 0 Å². The summed E-state index contributed by atoms with van der Waals surface area (Å²) in [5, 5.41) is 1.19. The third-order valence-corrected chi connectivity index (χ3v) is 3.18. The van der Waals surface area contributed by atoms with Crippen LogP contribution < -0.4 is 0 Å². The molecule has 72 valence electrons. The van der Waals surface area contributed by atoms with Gasteiger partial charge in [0.1, 0.15) is 5.82 Å². The first-order valence-electron chi connectivity index (χ1n) is 4.74. The lowest BCUT2D eigenvalue weighted by Gasteiger charge is -1.96. The topological polar surface area (TPSA) is 15.8 Å². The predicted molar refractivity (Wildman–Crippen MR) is 55.3 cm³/mol. The number of hydrogen-bond donors (Lipinski definition) is 1. The minimum absolute atomic E-state index is 0.192. The van der Waals surface area contributed by atoms with Crippen LogP contribution in [0.15, 0.2) is 12.1 Å². The molecule has 0 unspecified atom stereocenters. The molecule has 0 amide bonds. The number of halogens is 2. The van der Waals surface area contributed by atoms with Gasteiger partial charge in [-0.3, -0.25) is 0 Å². The molecule has 0 saturated heterocycles. The van der Waals surface area contributed by atoms with Gasteiger partial charge >= 0.3 is 0 Å². The third-order valence-electron chi connectivity index (χ3n) is 2.89. The van der Waals surface area contributed by atoms with E-state index in [0.717, 1.165) is 23.7 Å². The summed E-state index contributed by atoms with van der Waals surface area (Å²) < 4.78 is 13.2. The fourth-order valence-corrected chi connectivity index (χ4v) is 2.41. The maximum Gasteiger partial charge on any atom is 0.142 e. The minimum atomic E-state index is -0.326. The van der Waals surface area contributed by atoms with Crippen LogP contribution in [0.5, 0.6) is 0 Å². The van der Waals surface area contributed by atoms with E-state index in [9.17, 15) is 4.39 Å². The largest absolute Gasteiger partial charge is 0.358 e. The van der Waals surface area contributed by atoms with Crippen LogP contribution in [-0.4, -0.2) is 4.98 Å². The normalized spacial score (nSPS) is 15.0. The minimum Gasteiger partial charge on any atom is -0.358 e. The number of benzene rings is 1. The molecule has 1 nitrogen and oxygen atoms in total. The van der Waals surface area contributed by atoms with Crippen LogP contribution in [0, 0.1) is 5.82 Å². The highest BCUT2D eigenvalue weighted by Crippen LogP contribution is 2.32. The molecule has 1 aliphatic carbocycles. The lowest BCUT2D eigenvalue weighted by molar-refractivity contribution is 0.630. The molecule has 0 radical (unpaired) electrons. The third kappa shape index (κ3) is 1.01. The van der Waals surface area contributed by atoms with Crippen LogP contribution in [0.3, 0.4) is 0 Å². The van der Waals surface area contributed by atoms with E-state index < -0.39 is 0 Å². The van der Waals surface area contributed by atoms with Crippen LogP contribution >= 0.6 is 11.6 Å². The van der Waals surface area contributed by atoms with Gasteiger partial charge in [-0.15, -0.1) is 0 Å². The molecule has 1 aliphatic rings. The second-order valence-electron chi connectivity index (χ2n) is 3.75. The number of nitrogens with one attached hydrogen (secondary N) is 1. The maximum absolute atomic E-state index is 13.2. The van der Waals surface area contributed by atoms with Crippen LogP contribution in [0.1, 0.15) is 17.7 Å². The quantitative estimate of drug-likeness (QED) is 0.684. The Morgan fingerprint density at radius 2 is 2.14 bits per heavy atom.